The van der Waals surface area contributed by atoms with Crippen molar-refractivity contribution in [1.29, 1.82) is 0 Å². The number of esters is 1. The number of amides is 3. The molecule has 8 atom stereocenters. The minimum absolute atomic E-state index is 0.0683. The van der Waals surface area contributed by atoms with E-state index in [-0.39, 0.29) is 31.4 Å². The van der Waals surface area contributed by atoms with E-state index in [4.69, 9.17) is 14.2 Å². The van der Waals surface area contributed by atoms with Crippen molar-refractivity contribution >= 4 is 23.7 Å². The predicted octanol–water partition coefficient (Wildman–Crippen LogP) is 2.94. The fourth-order valence-corrected chi connectivity index (χ4v) is 7.29. The van der Waals surface area contributed by atoms with Crippen molar-refractivity contribution in [2.24, 2.45) is 11.8 Å². The molecule has 11 heteroatoms. The van der Waals surface area contributed by atoms with Gasteiger partial charge in [0.05, 0.1) is 43.2 Å². The summed E-state index contributed by atoms with van der Waals surface area (Å²) in [4.78, 5) is 58.7. The van der Waals surface area contributed by atoms with Gasteiger partial charge in [-0.25, -0.2) is 0 Å². The molecular weight excluding hydrogens is 590 g/mol. The van der Waals surface area contributed by atoms with Crippen molar-refractivity contribution in [3.05, 3.63) is 61.2 Å². The maximum Gasteiger partial charge on any atom is 0.313 e. The third-order valence-corrected chi connectivity index (χ3v) is 9.43. The number of fused-ring (bicyclic) bond motifs is 1. The average Bonchev–Trinajstić information content (AvgIpc) is 3.71. The zero-order valence-electron chi connectivity index (χ0n) is 27.3. The quantitative estimate of drug-likeness (QED) is 0.185. The van der Waals surface area contributed by atoms with Crippen molar-refractivity contribution in [2.75, 3.05) is 33.4 Å². The molecule has 0 unspecified atom stereocenters. The van der Waals surface area contributed by atoms with Gasteiger partial charge in [-0.3, -0.25) is 19.2 Å². The van der Waals surface area contributed by atoms with Crippen LogP contribution in [0.2, 0.25) is 0 Å². The molecule has 11 nitrogen and oxygen atoms in total. The molecule has 3 aliphatic rings. The summed E-state index contributed by atoms with van der Waals surface area (Å²) in [6.07, 6.45) is 5.02. The molecule has 0 aliphatic carbocycles. The van der Waals surface area contributed by atoms with Crippen LogP contribution in [0.4, 0.5) is 0 Å². The normalized spacial score (nSPS) is 26.6. The minimum atomic E-state index is -1.23. The van der Waals surface area contributed by atoms with E-state index in [1.165, 1.54) is 12.0 Å². The van der Waals surface area contributed by atoms with E-state index in [0.717, 1.165) is 12.8 Å². The van der Waals surface area contributed by atoms with Gasteiger partial charge in [0.25, 0.3) is 0 Å². The van der Waals surface area contributed by atoms with Crippen LogP contribution in [0.5, 0.6) is 0 Å². The SMILES string of the molecule is C=CCCC(=O)N[C@H](COC)[C@H](OC(=O)[C@@H]1[C@@H]2CC[C@]3(O2)[C@H](C(=O)N(CC=C)CCCC)N([C@H](C)CO)C(=O)[C@@H]13)c1ccccc1. The van der Waals surface area contributed by atoms with E-state index in [0.29, 0.717) is 37.9 Å². The number of hydrogen-bond acceptors (Lipinski definition) is 8. The summed E-state index contributed by atoms with van der Waals surface area (Å²) in [5.41, 5.74) is -0.581. The zero-order valence-corrected chi connectivity index (χ0v) is 27.3. The van der Waals surface area contributed by atoms with Gasteiger partial charge in [-0.15, -0.1) is 13.2 Å². The van der Waals surface area contributed by atoms with Crippen LogP contribution < -0.4 is 5.32 Å². The highest BCUT2D eigenvalue weighted by Gasteiger charge is 2.75. The van der Waals surface area contributed by atoms with Gasteiger partial charge in [0.15, 0.2) is 0 Å². The molecule has 3 aliphatic heterocycles. The van der Waals surface area contributed by atoms with Gasteiger partial charge in [0.2, 0.25) is 17.7 Å². The molecule has 3 fully saturated rings. The Bertz CT molecular complexity index is 1260. The second kappa shape index (κ2) is 15.8. The van der Waals surface area contributed by atoms with Gasteiger partial charge < -0.3 is 34.4 Å². The third kappa shape index (κ3) is 6.91. The van der Waals surface area contributed by atoms with Crippen LogP contribution in [-0.2, 0) is 33.4 Å². The van der Waals surface area contributed by atoms with Gasteiger partial charge in [-0.05, 0) is 38.2 Å². The highest BCUT2D eigenvalue weighted by Crippen LogP contribution is 2.59. The van der Waals surface area contributed by atoms with Gasteiger partial charge in [-0.1, -0.05) is 55.8 Å². The van der Waals surface area contributed by atoms with Crippen molar-refractivity contribution < 1.29 is 38.5 Å². The molecular formula is C35H49N3O8. The number of rotatable bonds is 18. The number of aliphatic hydroxyl groups excluding tert-OH is 1. The lowest BCUT2D eigenvalue weighted by Crippen LogP contribution is -2.58. The zero-order chi connectivity index (χ0) is 33.4. The maximum atomic E-state index is 14.3. The summed E-state index contributed by atoms with van der Waals surface area (Å²) in [5.74, 6) is -3.49. The number of methoxy groups -OCH3 is 1. The molecule has 1 spiro atoms. The molecule has 3 saturated heterocycles. The van der Waals surface area contributed by atoms with E-state index in [9.17, 15) is 24.3 Å². The Morgan fingerprint density at radius 1 is 1.24 bits per heavy atom. The van der Waals surface area contributed by atoms with Crippen LogP contribution in [0.15, 0.2) is 55.6 Å². The second-order valence-corrected chi connectivity index (χ2v) is 12.5. The number of ether oxygens (including phenoxy) is 3. The van der Waals surface area contributed by atoms with Crippen LogP contribution in [0, 0.1) is 11.8 Å². The maximum absolute atomic E-state index is 14.3. The van der Waals surface area contributed by atoms with Gasteiger partial charge in [0, 0.05) is 26.6 Å². The molecule has 4 rings (SSSR count). The fourth-order valence-electron chi connectivity index (χ4n) is 7.29. The number of carbonyl (C=O) groups excluding carboxylic acids is 4. The molecule has 1 aromatic rings. The highest BCUT2D eigenvalue weighted by atomic mass is 16.6. The summed E-state index contributed by atoms with van der Waals surface area (Å²) in [7, 11) is 1.50. The Labute approximate surface area is 271 Å². The third-order valence-electron chi connectivity index (χ3n) is 9.43. The first-order valence-corrected chi connectivity index (χ1v) is 16.3. The molecule has 2 N–H and O–H groups in total. The molecule has 0 saturated carbocycles. The van der Waals surface area contributed by atoms with Crippen molar-refractivity contribution in [3.8, 4) is 0 Å². The lowest BCUT2D eigenvalue weighted by Gasteiger charge is -2.38. The molecule has 3 amide bonds. The van der Waals surface area contributed by atoms with Crippen molar-refractivity contribution in [1.82, 2.24) is 15.1 Å². The number of aliphatic hydroxyl groups is 1. The van der Waals surface area contributed by atoms with E-state index < -0.39 is 59.6 Å². The number of hydrogen-bond donors (Lipinski definition) is 2. The lowest BCUT2D eigenvalue weighted by atomic mass is 9.70. The Hall–Kier alpha value is -3.54. The van der Waals surface area contributed by atoms with E-state index >= 15 is 0 Å². The number of unbranched alkanes of at least 4 members (excludes halogenated alkanes) is 1. The Morgan fingerprint density at radius 3 is 2.61 bits per heavy atom. The number of likely N-dealkylation sites (tertiary alicyclic amines) is 1. The number of nitrogens with zero attached hydrogens (tertiary/aromatic N) is 2. The Kier molecular flexibility index (Phi) is 12.2. The number of carbonyl (C=O) groups is 4. The first-order valence-electron chi connectivity index (χ1n) is 16.3. The molecule has 1 aromatic carbocycles. The topological polar surface area (TPSA) is 135 Å². The van der Waals surface area contributed by atoms with E-state index in [1.54, 1.807) is 36.1 Å². The van der Waals surface area contributed by atoms with Gasteiger partial charge >= 0.3 is 5.97 Å². The van der Waals surface area contributed by atoms with Crippen LogP contribution >= 0.6 is 0 Å². The van der Waals surface area contributed by atoms with Crippen LogP contribution in [0.3, 0.4) is 0 Å². The first kappa shape index (κ1) is 35.3. The molecule has 46 heavy (non-hydrogen) atoms. The standard InChI is InChI=1S/C35H49N3O8/c1-6-9-16-27(40)36-25(22-44-5)30(24-14-12-11-13-15-24)45-34(43)28-26-17-18-35(46-26)29(28)32(41)38(23(4)21-39)31(35)33(42)37(19-8-3)20-10-7-2/h6,8,11-15,23,25-26,28-31,39H,1,3,7,9-10,16-22H2,2,4-5H3,(H,36,40)/t23-,25-,26+,28-,29-,30-,31+,35-/m1/s1. The molecule has 2 bridgehead atoms. The summed E-state index contributed by atoms with van der Waals surface area (Å²) in [6, 6.07) is 6.69. The fraction of sp³-hybridized carbons (Fsp3) is 0.600. The first-order chi connectivity index (χ1) is 22.2. The van der Waals surface area contributed by atoms with E-state index in [1.807, 2.05) is 25.1 Å². The largest absolute Gasteiger partial charge is 0.455 e. The average molecular weight is 640 g/mol. The smallest absolute Gasteiger partial charge is 0.313 e. The van der Waals surface area contributed by atoms with Gasteiger partial charge in [-0.2, -0.15) is 0 Å². The second-order valence-electron chi connectivity index (χ2n) is 12.5. The lowest BCUT2D eigenvalue weighted by molar-refractivity contribution is -0.163. The highest BCUT2D eigenvalue weighted by molar-refractivity contribution is 5.98. The summed E-state index contributed by atoms with van der Waals surface area (Å²) >= 11 is 0. The number of allylic oxidation sites excluding steroid dienone is 1. The summed E-state index contributed by atoms with van der Waals surface area (Å²) in [6.45, 7) is 11.7. The summed E-state index contributed by atoms with van der Waals surface area (Å²) in [5, 5.41) is 13.1. The van der Waals surface area contributed by atoms with Crippen LogP contribution in [0.25, 0.3) is 0 Å². The monoisotopic (exact) mass is 639 g/mol. The minimum Gasteiger partial charge on any atom is -0.455 e. The van der Waals surface area contributed by atoms with Crippen LogP contribution in [0.1, 0.15) is 64.0 Å². The Morgan fingerprint density at radius 2 is 1.98 bits per heavy atom. The molecule has 3 heterocycles. The van der Waals surface area contributed by atoms with Crippen molar-refractivity contribution in [2.45, 2.75) is 88.3 Å². The predicted molar refractivity (Wildman–Crippen MR) is 171 cm³/mol. The van der Waals surface area contributed by atoms with Crippen LogP contribution in [-0.4, -0.2) is 102 Å². The summed E-state index contributed by atoms with van der Waals surface area (Å²) < 4.78 is 18.2. The van der Waals surface area contributed by atoms with Gasteiger partial charge in [0.1, 0.15) is 17.7 Å². The molecule has 0 radical (unpaired) electrons. The molecule has 0 aromatic heterocycles. The van der Waals surface area contributed by atoms with E-state index in [2.05, 4.69) is 18.5 Å². The number of benzene rings is 1. The number of nitrogens with one attached hydrogen (secondary N) is 1. The Balaban J connectivity index is 1.68. The van der Waals surface area contributed by atoms with Crippen molar-refractivity contribution in [3.63, 3.8) is 0 Å². The molecule has 252 valence electrons.